The summed E-state index contributed by atoms with van der Waals surface area (Å²) in [6, 6.07) is 26.8. The van der Waals surface area contributed by atoms with E-state index in [1.807, 2.05) is 31.2 Å². The van der Waals surface area contributed by atoms with Crippen LogP contribution in [0.3, 0.4) is 0 Å². The van der Waals surface area contributed by atoms with Gasteiger partial charge in [-0.25, -0.2) is 9.59 Å². The number of hydrogen-bond donors (Lipinski definition) is 3. The number of carbonyl (C=O) groups excluding carboxylic acids is 3. The van der Waals surface area contributed by atoms with E-state index in [-0.39, 0.29) is 29.2 Å². The summed E-state index contributed by atoms with van der Waals surface area (Å²) in [5, 5.41) is 33.4. The Morgan fingerprint density at radius 1 is 0.839 bits per heavy atom. The first-order chi connectivity index (χ1) is 27.0. The minimum Gasteiger partial charge on any atom is -0.506 e. The van der Waals surface area contributed by atoms with Crippen molar-refractivity contribution in [2.45, 2.75) is 65.2 Å². The third kappa shape index (κ3) is 9.20. The highest BCUT2D eigenvalue weighted by Crippen LogP contribution is 2.36. The predicted molar refractivity (Wildman–Crippen MR) is 216 cm³/mol. The van der Waals surface area contributed by atoms with Gasteiger partial charge in [-0.1, -0.05) is 92.4 Å². The number of carboxylic acid groups (broad SMARTS) is 1. The van der Waals surface area contributed by atoms with Crippen molar-refractivity contribution in [1.82, 2.24) is 15.0 Å². The summed E-state index contributed by atoms with van der Waals surface area (Å²) in [5.74, 6) is -1.61. The van der Waals surface area contributed by atoms with Gasteiger partial charge in [-0.05, 0) is 85.3 Å². The van der Waals surface area contributed by atoms with Crippen molar-refractivity contribution in [3.8, 4) is 11.5 Å². The van der Waals surface area contributed by atoms with Gasteiger partial charge in [-0.3, -0.25) is 14.5 Å². The summed E-state index contributed by atoms with van der Waals surface area (Å²) in [4.78, 5) is 53.9. The van der Waals surface area contributed by atoms with Gasteiger partial charge < -0.3 is 20.3 Å². The first-order valence-corrected chi connectivity index (χ1v) is 18.8. The van der Waals surface area contributed by atoms with Crippen LogP contribution < -0.4 is 15.0 Å². The molecule has 0 aliphatic carbocycles. The monoisotopic (exact) mass is 755 g/mol. The number of phenols is 1. The second-order valence-corrected chi connectivity index (χ2v) is 14.0. The average molecular weight is 756 g/mol. The van der Waals surface area contributed by atoms with Gasteiger partial charge in [0.15, 0.2) is 0 Å². The van der Waals surface area contributed by atoms with Crippen molar-refractivity contribution >= 4 is 57.1 Å². The first kappa shape index (κ1) is 39.1. The lowest BCUT2D eigenvalue weighted by Crippen LogP contribution is -2.32. The van der Waals surface area contributed by atoms with Gasteiger partial charge in [0.2, 0.25) is 0 Å². The maximum atomic E-state index is 13.8. The van der Waals surface area contributed by atoms with Crippen LogP contribution in [0.5, 0.6) is 11.5 Å². The van der Waals surface area contributed by atoms with Crippen molar-refractivity contribution in [2.75, 3.05) is 17.3 Å². The van der Waals surface area contributed by atoms with E-state index in [0.29, 0.717) is 51.8 Å². The number of aromatic hydroxyl groups is 1. The zero-order valence-corrected chi connectivity index (χ0v) is 31.7. The second kappa shape index (κ2) is 17.7. The SMILES string of the molecule is CCCCCCC(CCC(=O)O)Cc1ccc(C)cc1NC(=O)c1ccc2c(N(C)C(=O)n3nc4ccc(C(=O)Oc5ccccc5)cc4n3)cccc2c1O. The molecule has 0 fully saturated rings. The van der Waals surface area contributed by atoms with Gasteiger partial charge in [0.25, 0.3) is 5.91 Å². The molecule has 3 N–H and O–H groups in total. The fourth-order valence-corrected chi connectivity index (χ4v) is 6.84. The topological polar surface area (TPSA) is 164 Å². The third-order valence-electron chi connectivity index (χ3n) is 9.90. The average Bonchev–Trinajstić information content (AvgIpc) is 3.63. The molecular formula is C44H45N5O7. The molecule has 6 aromatic rings. The van der Waals surface area contributed by atoms with E-state index in [1.54, 1.807) is 67.7 Å². The molecule has 0 saturated heterocycles. The predicted octanol–water partition coefficient (Wildman–Crippen LogP) is 9.17. The molecule has 5 aromatic carbocycles. The molecule has 0 bridgehead atoms. The van der Waals surface area contributed by atoms with Gasteiger partial charge in [0, 0.05) is 29.9 Å². The number of rotatable bonds is 15. The maximum absolute atomic E-state index is 13.8. The minimum absolute atomic E-state index is 0.0552. The van der Waals surface area contributed by atoms with Crippen molar-refractivity contribution in [1.29, 1.82) is 0 Å². The Bertz CT molecular complexity index is 2390. The number of hydrogen-bond acceptors (Lipinski definition) is 8. The lowest BCUT2D eigenvalue weighted by atomic mass is 9.88. The van der Waals surface area contributed by atoms with Gasteiger partial charge in [-0.15, -0.1) is 10.2 Å². The number of aryl methyl sites for hydroxylation is 1. The van der Waals surface area contributed by atoms with Crippen LogP contribution in [0, 0.1) is 12.8 Å². The molecule has 0 radical (unpaired) electrons. The molecule has 56 heavy (non-hydrogen) atoms. The Morgan fingerprint density at radius 2 is 1.62 bits per heavy atom. The fraction of sp³-hybridized carbons (Fsp3) is 0.273. The van der Waals surface area contributed by atoms with Gasteiger partial charge in [0.05, 0.1) is 16.8 Å². The largest absolute Gasteiger partial charge is 0.506 e. The summed E-state index contributed by atoms with van der Waals surface area (Å²) in [6.45, 7) is 4.09. The summed E-state index contributed by atoms with van der Waals surface area (Å²) in [7, 11) is 1.55. The second-order valence-electron chi connectivity index (χ2n) is 14.0. The van der Waals surface area contributed by atoms with E-state index in [0.717, 1.165) is 48.0 Å². The number of unbranched alkanes of at least 4 members (excludes halogenated alkanes) is 3. The van der Waals surface area contributed by atoms with E-state index in [9.17, 15) is 29.4 Å². The number of nitrogens with zero attached hydrogens (tertiary/aromatic N) is 4. The molecule has 0 aliphatic heterocycles. The zero-order chi connectivity index (χ0) is 39.8. The highest BCUT2D eigenvalue weighted by atomic mass is 16.5. The molecule has 1 aromatic heterocycles. The molecule has 2 amide bonds. The number of phenolic OH excluding ortho intramolecular Hbond substituents is 1. The third-order valence-corrected chi connectivity index (χ3v) is 9.90. The lowest BCUT2D eigenvalue weighted by Gasteiger charge is -2.20. The van der Waals surface area contributed by atoms with Crippen molar-refractivity contribution < 1.29 is 34.1 Å². The highest BCUT2D eigenvalue weighted by molar-refractivity contribution is 6.13. The Hall–Kier alpha value is -6.56. The summed E-state index contributed by atoms with van der Waals surface area (Å²) in [5.41, 5.74) is 3.92. The lowest BCUT2D eigenvalue weighted by molar-refractivity contribution is -0.137. The molecular weight excluding hydrogens is 711 g/mol. The number of nitrogens with one attached hydrogen (secondary N) is 1. The smallest absolute Gasteiger partial charge is 0.366 e. The molecule has 12 nitrogen and oxygen atoms in total. The molecule has 0 saturated carbocycles. The van der Waals surface area contributed by atoms with Gasteiger partial charge >= 0.3 is 18.0 Å². The Kier molecular flexibility index (Phi) is 12.4. The number of fused-ring (bicyclic) bond motifs is 2. The van der Waals surface area contributed by atoms with Crippen LogP contribution in [-0.4, -0.2) is 56.1 Å². The summed E-state index contributed by atoms with van der Waals surface area (Å²) < 4.78 is 5.43. The van der Waals surface area contributed by atoms with E-state index in [2.05, 4.69) is 22.4 Å². The maximum Gasteiger partial charge on any atom is 0.366 e. The minimum atomic E-state index is -0.823. The molecule has 12 heteroatoms. The molecule has 0 spiro atoms. The van der Waals surface area contributed by atoms with E-state index in [4.69, 9.17) is 4.74 Å². The quantitative estimate of drug-likeness (QED) is 0.0527. The highest BCUT2D eigenvalue weighted by Gasteiger charge is 2.23. The number of para-hydroxylation sites is 1. The number of carbonyl (C=O) groups is 4. The number of anilines is 2. The van der Waals surface area contributed by atoms with Gasteiger partial charge in [0.1, 0.15) is 22.5 Å². The van der Waals surface area contributed by atoms with Crippen LogP contribution in [0.15, 0.2) is 97.1 Å². The van der Waals surface area contributed by atoms with Crippen LogP contribution in [0.4, 0.5) is 16.2 Å². The molecule has 288 valence electrons. The van der Waals surface area contributed by atoms with Gasteiger partial charge in [-0.2, -0.15) is 0 Å². The number of carboxylic acids is 1. The fourth-order valence-electron chi connectivity index (χ4n) is 6.84. The summed E-state index contributed by atoms with van der Waals surface area (Å²) >= 11 is 0. The van der Waals surface area contributed by atoms with Crippen LogP contribution in [-0.2, 0) is 11.2 Å². The number of aliphatic carboxylic acids is 1. The van der Waals surface area contributed by atoms with E-state index >= 15 is 0 Å². The molecule has 1 heterocycles. The number of aromatic nitrogens is 3. The van der Waals surface area contributed by atoms with Crippen LogP contribution in [0.2, 0.25) is 0 Å². The van der Waals surface area contributed by atoms with Crippen LogP contribution in [0.25, 0.3) is 21.8 Å². The van der Waals surface area contributed by atoms with Crippen LogP contribution in [0.1, 0.15) is 83.7 Å². The molecule has 6 rings (SSSR count). The number of benzene rings is 5. The first-order valence-electron chi connectivity index (χ1n) is 18.8. The number of amides is 2. The Morgan fingerprint density at radius 3 is 2.39 bits per heavy atom. The van der Waals surface area contributed by atoms with Crippen LogP contribution >= 0.6 is 0 Å². The van der Waals surface area contributed by atoms with Crippen molar-refractivity contribution in [2.24, 2.45) is 5.92 Å². The van der Waals surface area contributed by atoms with Crippen molar-refractivity contribution in [3.05, 3.63) is 119 Å². The number of ether oxygens (including phenoxy) is 1. The molecule has 0 aliphatic rings. The zero-order valence-electron chi connectivity index (χ0n) is 31.7. The van der Waals surface area contributed by atoms with E-state index < -0.39 is 23.9 Å². The standard InChI is InChI=1S/C44H45N5O7/c1-4-5-6-8-12-29(18-24-40(50)51)26-30-19-17-28(2)25-37(30)45-42(53)35-22-21-33-34(41(35)52)15-11-16-39(33)48(3)44(55)49-46-36-23-20-31(27-38(36)47-49)43(54)56-32-13-9-7-10-14-32/h7,9-11,13-17,19-23,25,27,29,52H,4-6,8,12,18,24,26H2,1-3H3,(H,45,53)(H,50,51). The molecule has 1 atom stereocenters. The Balaban J connectivity index is 1.20. The normalized spacial score (nSPS) is 11.7. The Labute approximate surface area is 324 Å². The summed E-state index contributed by atoms with van der Waals surface area (Å²) in [6.07, 6.45) is 6.52. The van der Waals surface area contributed by atoms with E-state index in [1.165, 1.54) is 17.0 Å². The van der Waals surface area contributed by atoms with Crippen molar-refractivity contribution in [3.63, 3.8) is 0 Å². The number of esters is 1. The molecule has 1 unspecified atom stereocenters.